The van der Waals surface area contributed by atoms with E-state index in [1.165, 1.54) is 24.1 Å². The molecule has 5 heteroatoms. The van der Waals surface area contributed by atoms with Gasteiger partial charge in [0.15, 0.2) is 0 Å². The van der Waals surface area contributed by atoms with E-state index >= 15 is 0 Å². The van der Waals surface area contributed by atoms with Gasteiger partial charge in [-0.2, -0.15) is 5.10 Å². The van der Waals surface area contributed by atoms with E-state index in [0.717, 1.165) is 52.3 Å². The summed E-state index contributed by atoms with van der Waals surface area (Å²) in [5, 5.41) is 7.16. The quantitative estimate of drug-likeness (QED) is 0.817. The smallest absolute Gasteiger partial charge is 0.0808 e. The summed E-state index contributed by atoms with van der Waals surface area (Å²) < 4.78 is 11.4. The van der Waals surface area contributed by atoms with Crippen molar-refractivity contribution in [1.29, 1.82) is 0 Å². The van der Waals surface area contributed by atoms with Crippen LogP contribution in [0.1, 0.15) is 30.5 Å². The molecule has 1 aromatic heterocycles. The Morgan fingerprint density at radius 2 is 2.47 bits per heavy atom. The first-order valence-corrected chi connectivity index (χ1v) is 7.34. The van der Waals surface area contributed by atoms with Gasteiger partial charge in [-0.1, -0.05) is 0 Å². The summed E-state index contributed by atoms with van der Waals surface area (Å²) in [5.41, 5.74) is 2.63. The SMILES string of the molecule is c1n[nH]c2c1CN(CCOC[C@H]1CCCCO1)CC2. The van der Waals surface area contributed by atoms with E-state index in [1.807, 2.05) is 6.20 Å². The number of rotatable bonds is 5. The summed E-state index contributed by atoms with van der Waals surface area (Å²) in [5.74, 6) is 0. The lowest BCUT2D eigenvalue weighted by molar-refractivity contribution is -0.0437. The highest BCUT2D eigenvalue weighted by Crippen LogP contribution is 2.16. The van der Waals surface area contributed by atoms with E-state index < -0.39 is 0 Å². The number of fused-ring (bicyclic) bond motifs is 1. The topological polar surface area (TPSA) is 50.4 Å². The number of hydrogen-bond donors (Lipinski definition) is 1. The van der Waals surface area contributed by atoms with Gasteiger partial charge in [-0.05, 0) is 19.3 Å². The lowest BCUT2D eigenvalue weighted by Gasteiger charge is -2.27. The number of nitrogens with zero attached hydrogens (tertiary/aromatic N) is 2. The van der Waals surface area contributed by atoms with Gasteiger partial charge in [0.25, 0.3) is 0 Å². The molecule has 1 fully saturated rings. The van der Waals surface area contributed by atoms with Crippen LogP contribution in [0.25, 0.3) is 0 Å². The van der Waals surface area contributed by atoms with Crippen LogP contribution in [0.3, 0.4) is 0 Å². The average Bonchev–Trinajstić information content (AvgIpc) is 2.92. The van der Waals surface area contributed by atoms with Crippen molar-refractivity contribution in [2.45, 2.75) is 38.3 Å². The summed E-state index contributed by atoms with van der Waals surface area (Å²) in [7, 11) is 0. The highest BCUT2D eigenvalue weighted by molar-refractivity contribution is 5.18. The van der Waals surface area contributed by atoms with Crippen LogP contribution < -0.4 is 0 Å². The van der Waals surface area contributed by atoms with Gasteiger partial charge < -0.3 is 9.47 Å². The number of aromatic nitrogens is 2. The molecule has 1 atom stereocenters. The first-order chi connectivity index (χ1) is 9.42. The van der Waals surface area contributed by atoms with Crippen molar-refractivity contribution in [2.24, 2.45) is 0 Å². The zero-order valence-corrected chi connectivity index (χ0v) is 11.4. The molecule has 0 aliphatic carbocycles. The Morgan fingerprint density at radius 1 is 1.47 bits per heavy atom. The molecular weight excluding hydrogens is 242 g/mol. The van der Waals surface area contributed by atoms with Gasteiger partial charge in [0.2, 0.25) is 0 Å². The monoisotopic (exact) mass is 265 g/mol. The van der Waals surface area contributed by atoms with Gasteiger partial charge >= 0.3 is 0 Å². The van der Waals surface area contributed by atoms with Crippen molar-refractivity contribution in [3.05, 3.63) is 17.5 Å². The highest BCUT2D eigenvalue weighted by atomic mass is 16.5. The molecule has 0 amide bonds. The average molecular weight is 265 g/mol. The van der Waals surface area contributed by atoms with Crippen LogP contribution >= 0.6 is 0 Å². The van der Waals surface area contributed by atoms with Crippen LogP contribution in [0.4, 0.5) is 0 Å². The summed E-state index contributed by atoms with van der Waals surface area (Å²) in [4.78, 5) is 2.43. The van der Waals surface area contributed by atoms with Gasteiger partial charge in [-0.3, -0.25) is 10.00 Å². The minimum Gasteiger partial charge on any atom is -0.377 e. The van der Waals surface area contributed by atoms with E-state index in [9.17, 15) is 0 Å². The fourth-order valence-electron chi connectivity index (χ4n) is 2.82. The summed E-state index contributed by atoms with van der Waals surface area (Å²) in [6.45, 7) is 5.55. The van der Waals surface area contributed by atoms with E-state index in [1.54, 1.807) is 0 Å². The highest BCUT2D eigenvalue weighted by Gasteiger charge is 2.18. The van der Waals surface area contributed by atoms with Gasteiger partial charge in [-0.15, -0.1) is 0 Å². The first-order valence-electron chi connectivity index (χ1n) is 7.34. The van der Waals surface area contributed by atoms with Crippen LogP contribution in [0.15, 0.2) is 6.20 Å². The minimum atomic E-state index is 0.329. The zero-order valence-electron chi connectivity index (χ0n) is 11.4. The predicted molar refractivity (Wildman–Crippen MR) is 72.0 cm³/mol. The van der Waals surface area contributed by atoms with Gasteiger partial charge in [0.05, 0.1) is 25.5 Å². The van der Waals surface area contributed by atoms with Crippen molar-refractivity contribution in [1.82, 2.24) is 15.1 Å². The lowest BCUT2D eigenvalue weighted by Crippen LogP contribution is -2.34. The third-order valence-corrected chi connectivity index (χ3v) is 4.01. The molecule has 19 heavy (non-hydrogen) atoms. The van der Waals surface area contributed by atoms with Crippen molar-refractivity contribution in [2.75, 3.05) is 32.9 Å². The number of nitrogens with one attached hydrogen (secondary N) is 1. The van der Waals surface area contributed by atoms with Crippen molar-refractivity contribution >= 4 is 0 Å². The third-order valence-electron chi connectivity index (χ3n) is 4.01. The molecule has 0 radical (unpaired) electrons. The molecule has 0 bridgehead atoms. The molecule has 3 rings (SSSR count). The van der Waals surface area contributed by atoms with Gasteiger partial charge in [-0.25, -0.2) is 0 Å². The minimum absolute atomic E-state index is 0.329. The Balaban J connectivity index is 1.32. The summed E-state index contributed by atoms with van der Waals surface area (Å²) >= 11 is 0. The summed E-state index contributed by atoms with van der Waals surface area (Å²) in [6.07, 6.45) is 6.98. The van der Waals surface area contributed by atoms with Crippen LogP contribution in [-0.2, 0) is 22.4 Å². The molecule has 1 saturated heterocycles. The number of aromatic amines is 1. The van der Waals surface area contributed by atoms with Crippen LogP contribution in [-0.4, -0.2) is 54.1 Å². The molecule has 0 aromatic carbocycles. The Labute approximate surface area is 114 Å². The molecule has 2 aliphatic heterocycles. The predicted octanol–water partition coefficient (Wildman–Crippen LogP) is 1.35. The van der Waals surface area contributed by atoms with Crippen molar-refractivity contribution in [3.63, 3.8) is 0 Å². The van der Waals surface area contributed by atoms with E-state index in [-0.39, 0.29) is 0 Å². The molecule has 1 aromatic rings. The van der Waals surface area contributed by atoms with Crippen LogP contribution in [0.5, 0.6) is 0 Å². The second kappa shape index (κ2) is 6.50. The molecular formula is C14H23N3O2. The third kappa shape index (κ3) is 3.55. The number of H-pyrrole nitrogens is 1. The lowest BCUT2D eigenvalue weighted by atomic mass is 10.1. The number of hydrogen-bond acceptors (Lipinski definition) is 4. The fraction of sp³-hybridized carbons (Fsp3) is 0.786. The standard InChI is InChI=1S/C14H23N3O2/c1-2-7-19-13(3-1)11-18-8-6-17-5-4-14-12(10-17)9-15-16-14/h9,13H,1-8,10-11H2,(H,15,16)/t13-/m1/s1. The van der Waals surface area contributed by atoms with Gasteiger partial charge in [0.1, 0.15) is 0 Å². The Hall–Kier alpha value is -0.910. The zero-order chi connectivity index (χ0) is 12.9. The van der Waals surface area contributed by atoms with E-state index in [0.29, 0.717) is 6.10 Å². The second-order valence-electron chi connectivity index (χ2n) is 5.46. The molecule has 0 spiro atoms. The van der Waals surface area contributed by atoms with Crippen molar-refractivity contribution in [3.8, 4) is 0 Å². The van der Waals surface area contributed by atoms with Crippen LogP contribution in [0, 0.1) is 0 Å². The van der Waals surface area contributed by atoms with Crippen LogP contribution in [0.2, 0.25) is 0 Å². The Bertz CT molecular complexity index is 388. The van der Waals surface area contributed by atoms with E-state index in [4.69, 9.17) is 9.47 Å². The van der Waals surface area contributed by atoms with Crippen molar-refractivity contribution < 1.29 is 9.47 Å². The first kappa shape index (κ1) is 13.1. The maximum absolute atomic E-state index is 5.76. The molecule has 1 N–H and O–H groups in total. The van der Waals surface area contributed by atoms with Gasteiger partial charge in [0, 0.05) is 43.9 Å². The molecule has 2 aliphatic rings. The molecule has 5 nitrogen and oxygen atoms in total. The Kier molecular flexibility index (Phi) is 4.48. The molecule has 0 unspecified atom stereocenters. The Morgan fingerprint density at radius 3 is 3.37 bits per heavy atom. The maximum atomic E-state index is 5.76. The largest absolute Gasteiger partial charge is 0.377 e. The summed E-state index contributed by atoms with van der Waals surface area (Å²) in [6, 6.07) is 0. The number of ether oxygens (including phenoxy) is 2. The van der Waals surface area contributed by atoms with E-state index in [2.05, 4.69) is 15.1 Å². The normalized spacial score (nSPS) is 24.3. The molecule has 0 saturated carbocycles. The fourth-order valence-corrected chi connectivity index (χ4v) is 2.82. The second-order valence-corrected chi connectivity index (χ2v) is 5.46. The molecule has 106 valence electrons. The maximum Gasteiger partial charge on any atom is 0.0808 e. The molecule has 3 heterocycles.